The standard InChI is InChI=1S/C13H12FNOS/c1-16-12-9-5-6-10-13(12)17(14,15)11-7-3-2-4-8-11/h2-10H,1H3. The van der Waals surface area contributed by atoms with Gasteiger partial charge in [0.05, 0.1) is 16.9 Å². The highest BCUT2D eigenvalue weighted by Gasteiger charge is 2.22. The average molecular weight is 249 g/mol. The number of para-hydroxylation sites is 1. The maximum atomic E-state index is 14.6. The molecule has 0 aliphatic rings. The van der Waals surface area contributed by atoms with E-state index in [4.69, 9.17) is 4.74 Å². The van der Waals surface area contributed by atoms with Gasteiger partial charge in [-0.25, -0.2) is 0 Å². The first-order valence-electron chi connectivity index (χ1n) is 5.10. The molecule has 4 heteroatoms. The van der Waals surface area contributed by atoms with Crippen molar-refractivity contribution in [2.75, 3.05) is 7.11 Å². The normalized spacial score (nSPS) is 13.9. The third-order valence-electron chi connectivity index (χ3n) is 2.42. The van der Waals surface area contributed by atoms with Crippen molar-refractivity contribution in [1.29, 1.82) is 4.61 Å². The van der Waals surface area contributed by atoms with Crippen molar-refractivity contribution in [3.05, 3.63) is 54.6 Å². The number of methoxy groups -OCH3 is 1. The van der Waals surface area contributed by atoms with Crippen molar-refractivity contribution < 1.29 is 8.62 Å². The van der Waals surface area contributed by atoms with Crippen LogP contribution in [-0.2, 0) is 0 Å². The van der Waals surface area contributed by atoms with E-state index in [0.717, 1.165) is 0 Å². The second-order valence-corrected chi connectivity index (χ2v) is 5.40. The third-order valence-corrected chi connectivity index (χ3v) is 4.23. The molecular weight excluding hydrogens is 237 g/mol. The molecule has 0 aromatic heterocycles. The van der Waals surface area contributed by atoms with Crippen LogP contribution < -0.4 is 4.74 Å². The summed E-state index contributed by atoms with van der Waals surface area (Å²) in [7, 11) is -2.05. The Kier molecular flexibility index (Phi) is 3.18. The second-order valence-electron chi connectivity index (χ2n) is 3.47. The highest BCUT2D eigenvalue weighted by atomic mass is 32.3. The lowest BCUT2D eigenvalue weighted by atomic mass is 10.3. The molecule has 0 N–H and O–H groups in total. The molecule has 0 heterocycles. The van der Waals surface area contributed by atoms with Crippen LogP contribution in [0.3, 0.4) is 0 Å². The van der Waals surface area contributed by atoms with Gasteiger partial charge < -0.3 is 4.74 Å². The van der Waals surface area contributed by atoms with E-state index in [0.29, 0.717) is 5.75 Å². The third kappa shape index (κ3) is 2.18. The van der Waals surface area contributed by atoms with Crippen molar-refractivity contribution in [2.45, 2.75) is 9.79 Å². The summed E-state index contributed by atoms with van der Waals surface area (Å²) in [6.45, 7) is 0. The van der Waals surface area contributed by atoms with Crippen LogP contribution in [0.25, 0.3) is 0 Å². The summed E-state index contributed by atoms with van der Waals surface area (Å²) in [5.74, 6) is 0.358. The van der Waals surface area contributed by atoms with Crippen molar-refractivity contribution in [2.24, 2.45) is 0 Å². The summed E-state index contributed by atoms with van der Waals surface area (Å²) in [5.41, 5.74) is 0. The number of halogens is 1. The Hall–Kier alpha value is -1.77. The number of rotatable bonds is 1. The maximum Gasteiger partial charge on any atom is 0.141 e. The summed E-state index contributed by atoms with van der Waals surface area (Å²) < 4.78 is 29.7. The van der Waals surface area contributed by atoms with Crippen molar-refractivity contribution in [1.82, 2.24) is 0 Å². The first kappa shape index (κ1) is 11.7. The first-order valence-corrected chi connectivity index (χ1v) is 6.59. The zero-order chi connectivity index (χ0) is 12.3. The van der Waals surface area contributed by atoms with Gasteiger partial charge in [-0.2, -0.15) is 4.61 Å². The molecule has 17 heavy (non-hydrogen) atoms. The molecular formula is C13H12FNOS. The average Bonchev–Trinajstić information content (AvgIpc) is 2.39. The van der Waals surface area contributed by atoms with E-state index < -0.39 is 10.0 Å². The summed E-state index contributed by atoms with van der Waals surface area (Å²) in [6.07, 6.45) is 0. The minimum Gasteiger partial charge on any atom is -0.495 e. The Labute approximate surface area is 101 Å². The van der Waals surface area contributed by atoms with E-state index in [-0.39, 0.29) is 9.79 Å². The van der Waals surface area contributed by atoms with Crippen molar-refractivity contribution in [3.8, 4) is 5.75 Å². The van der Waals surface area contributed by atoms with E-state index in [2.05, 4.69) is 0 Å². The lowest BCUT2D eigenvalue weighted by molar-refractivity contribution is 0.404. The molecule has 0 saturated heterocycles. The van der Waals surface area contributed by atoms with Gasteiger partial charge in [-0.3, -0.25) is 0 Å². The molecule has 2 aromatic carbocycles. The van der Waals surface area contributed by atoms with Crippen LogP contribution >= 0.6 is 10.0 Å². The Bertz CT molecular complexity index is 615. The Morgan fingerprint density at radius 1 is 1.00 bits per heavy atom. The Morgan fingerprint density at radius 3 is 2.24 bits per heavy atom. The summed E-state index contributed by atoms with van der Waals surface area (Å²) in [5, 5.41) is 0. The molecule has 0 aliphatic carbocycles. The highest BCUT2D eigenvalue weighted by Crippen LogP contribution is 2.54. The lowest BCUT2D eigenvalue weighted by Crippen LogP contribution is -1.90. The summed E-state index contributed by atoms with van der Waals surface area (Å²) >= 11 is 0. The van der Waals surface area contributed by atoms with Gasteiger partial charge in [-0.05, 0) is 24.3 Å². The van der Waals surface area contributed by atoms with Gasteiger partial charge >= 0.3 is 0 Å². The SMILES string of the molecule is COc1ccccc1S(#N)(F)c1ccccc1. The quantitative estimate of drug-likeness (QED) is 0.755. The predicted octanol–water partition coefficient (Wildman–Crippen LogP) is 4.28. The van der Waals surface area contributed by atoms with Gasteiger partial charge in [0, 0.05) is 0 Å². The molecule has 0 amide bonds. The number of hydrogen-bond acceptors (Lipinski definition) is 2. The molecule has 2 aromatic rings. The van der Waals surface area contributed by atoms with Crippen LogP contribution in [0.1, 0.15) is 0 Å². The molecule has 0 saturated carbocycles. The minimum atomic E-state index is -3.51. The topological polar surface area (TPSA) is 33.0 Å². The van der Waals surface area contributed by atoms with Gasteiger partial charge in [-0.1, -0.05) is 30.3 Å². The zero-order valence-electron chi connectivity index (χ0n) is 9.34. The van der Waals surface area contributed by atoms with Crippen LogP contribution in [0, 0.1) is 4.61 Å². The van der Waals surface area contributed by atoms with E-state index in [1.165, 1.54) is 7.11 Å². The number of hydrogen-bond donors (Lipinski definition) is 0. The highest BCUT2D eigenvalue weighted by molar-refractivity contribution is 8.17. The fourth-order valence-corrected chi connectivity index (χ4v) is 3.02. The van der Waals surface area contributed by atoms with E-state index in [1.807, 2.05) is 0 Å². The van der Waals surface area contributed by atoms with E-state index >= 15 is 0 Å². The fourth-order valence-electron chi connectivity index (χ4n) is 1.57. The Morgan fingerprint density at radius 2 is 1.59 bits per heavy atom. The maximum absolute atomic E-state index is 14.6. The summed E-state index contributed by atoms with van der Waals surface area (Å²) in [6, 6.07) is 14.9. The van der Waals surface area contributed by atoms with Crippen molar-refractivity contribution in [3.63, 3.8) is 0 Å². The van der Waals surface area contributed by atoms with E-state index in [1.54, 1.807) is 54.6 Å². The van der Waals surface area contributed by atoms with Gasteiger partial charge in [0.25, 0.3) is 0 Å². The van der Waals surface area contributed by atoms with Gasteiger partial charge in [-0.15, -0.1) is 3.89 Å². The number of ether oxygens (including phenoxy) is 1. The summed E-state index contributed by atoms with van der Waals surface area (Å²) in [4.78, 5) is 0.457. The molecule has 0 radical (unpaired) electrons. The molecule has 2 nitrogen and oxygen atoms in total. The smallest absolute Gasteiger partial charge is 0.141 e. The minimum absolute atomic E-state index is 0.189. The zero-order valence-corrected chi connectivity index (χ0v) is 10.2. The molecule has 1 atom stereocenters. The fraction of sp³-hybridized carbons (Fsp3) is 0.0769. The lowest BCUT2D eigenvalue weighted by Gasteiger charge is -2.13. The molecule has 2 rings (SSSR count). The van der Waals surface area contributed by atoms with Crippen LogP contribution in [0.2, 0.25) is 0 Å². The van der Waals surface area contributed by atoms with Gasteiger partial charge in [0.15, 0.2) is 0 Å². The van der Waals surface area contributed by atoms with Crippen LogP contribution in [0.15, 0.2) is 64.4 Å². The molecule has 0 spiro atoms. The van der Waals surface area contributed by atoms with E-state index in [9.17, 15) is 8.49 Å². The van der Waals surface area contributed by atoms with Gasteiger partial charge in [0.2, 0.25) is 0 Å². The predicted molar refractivity (Wildman–Crippen MR) is 66.4 cm³/mol. The van der Waals surface area contributed by atoms with Crippen LogP contribution in [0.5, 0.6) is 5.75 Å². The number of benzene rings is 2. The first-order chi connectivity index (χ1) is 8.16. The molecule has 0 bridgehead atoms. The molecule has 1 unspecified atom stereocenters. The monoisotopic (exact) mass is 249 g/mol. The van der Waals surface area contributed by atoms with Gasteiger partial charge in [0.1, 0.15) is 15.8 Å². The molecule has 0 aliphatic heterocycles. The second kappa shape index (κ2) is 4.62. The molecule has 0 fully saturated rings. The Balaban J connectivity index is 2.58. The van der Waals surface area contributed by atoms with Crippen LogP contribution in [-0.4, -0.2) is 7.11 Å². The van der Waals surface area contributed by atoms with Crippen LogP contribution in [0.4, 0.5) is 3.89 Å². The molecule has 88 valence electrons. The largest absolute Gasteiger partial charge is 0.495 e. The number of nitrogens with zero attached hydrogens (tertiary/aromatic N) is 1. The van der Waals surface area contributed by atoms with Crippen molar-refractivity contribution >= 4 is 10.0 Å².